The summed E-state index contributed by atoms with van der Waals surface area (Å²) in [4.78, 5) is 16.0. The molecule has 2 unspecified atom stereocenters. The maximum Gasteiger partial charge on any atom is 0.241 e. The molecule has 0 saturated heterocycles. The van der Waals surface area contributed by atoms with E-state index in [0.29, 0.717) is 19.2 Å². The summed E-state index contributed by atoms with van der Waals surface area (Å²) < 4.78 is 4.90. The van der Waals surface area contributed by atoms with Crippen LogP contribution in [0.5, 0.6) is 0 Å². The van der Waals surface area contributed by atoms with Crippen molar-refractivity contribution >= 4 is 23.6 Å². The molecule has 3 N–H and O–H groups in total. The van der Waals surface area contributed by atoms with Crippen LogP contribution in [0.1, 0.15) is 33.1 Å². The molecule has 0 aliphatic heterocycles. The molecule has 0 aromatic rings. The van der Waals surface area contributed by atoms with Gasteiger partial charge < -0.3 is 20.7 Å². The minimum absolute atomic E-state index is 0.0832. The van der Waals surface area contributed by atoms with E-state index in [0.717, 1.165) is 17.8 Å². The molecule has 128 valence electrons. The first-order chi connectivity index (χ1) is 10.7. The summed E-state index contributed by atoms with van der Waals surface area (Å²) in [5.74, 6) is 1.82. The largest absolute Gasteiger partial charge is 0.383 e. The third-order valence-corrected chi connectivity index (χ3v) is 4.71. The fraction of sp³-hybridized carbons (Fsp3) is 0.867. The molecule has 1 amide bonds. The predicted molar refractivity (Wildman–Crippen MR) is 93.6 cm³/mol. The molecule has 1 rings (SSSR count). The zero-order valence-corrected chi connectivity index (χ0v) is 14.8. The standard InChI is InChI=1S/C15H30N4O2S/c1-4-16-15(18-11-14(20)17-8-9-21-3)19-12-6-7-13(10-12)22-5-2/h12-13H,4-11H2,1-3H3,(H,17,20)(H2,16,18,19). The normalized spacial score (nSPS) is 21.7. The van der Waals surface area contributed by atoms with Gasteiger partial charge in [0.15, 0.2) is 5.96 Å². The van der Waals surface area contributed by atoms with Crippen molar-refractivity contribution in [3.05, 3.63) is 0 Å². The highest BCUT2D eigenvalue weighted by Gasteiger charge is 2.25. The summed E-state index contributed by atoms with van der Waals surface area (Å²) in [6, 6.07) is 0.457. The number of nitrogens with one attached hydrogen (secondary N) is 3. The van der Waals surface area contributed by atoms with E-state index in [9.17, 15) is 4.79 Å². The van der Waals surface area contributed by atoms with E-state index in [4.69, 9.17) is 4.74 Å². The van der Waals surface area contributed by atoms with E-state index in [1.807, 2.05) is 18.7 Å². The molecule has 1 aliphatic rings. The molecule has 2 atom stereocenters. The zero-order valence-electron chi connectivity index (χ0n) is 14.0. The quantitative estimate of drug-likeness (QED) is 0.334. The average molecular weight is 330 g/mol. The topological polar surface area (TPSA) is 74.8 Å². The third-order valence-electron chi connectivity index (χ3n) is 3.48. The molecule has 0 bridgehead atoms. The molecule has 1 fully saturated rings. The van der Waals surface area contributed by atoms with Crippen LogP contribution in [0, 0.1) is 0 Å². The van der Waals surface area contributed by atoms with Gasteiger partial charge in [0.25, 0.3) is 0 Å². The molecular weight excluding hydrogens is 300 g/mol. The summed E-state index contributed by atoms with van der Waals surface area (Å²) in [5, 5.41) is 10.2. The highest BCUT2D eigenvalue weighted by atomic mass is 32.2. The Labute approximate surface area is 138 Å². The van der Waals surface area contributed by atoms with E-state index in [1.54, 1.807) is 7.11 Å². The SMILES string of the molecule is CCNC(=NCC(=O)NCCOC)NC1CCC(SCC)C1. The first kappa shape index (κ1) is 19.1. The lowest BCUT2D eigenvalue weighted by Crippen LogP contribution is -2.43. The lowest BCUT2D eigenvalue weighted by molar-refractivity contribution is -0.119. The summed E-state index contributed by atoms with van der Waals surface area (Å²) in [6.45, 7) is 6.20. The fourth-order valence-corrected chi connectivity index (χ4v) is 3.61. The molecule has 0 heterocycles. The molecule has 1 aliphatic carbocycles. The van der Waals surface area contributed by atoms with Crippen LogP contribution in [0.3, 0.4) is 0 Å². The summed E-state index contributed by atoms with van der Waals surface area (Å²) in [7, 11) is 1.61. The van der Waals surface area contributed by atoms with Gasteiger partial charge in [-0.05, 0) is 31.9 Å². The number of carbonyl (C=O) groups excluding carboxylic acids is 1. The van der Waals surface area contributed by atoms with Gasteiger partial charge in [-0.15, -0.1) is 0 Å². The van der Waals surface area contributed by atoms with Gasteiger partial charge in [0.2, 0.25) is 5.91 Å². The van der Waals surface area contributed by atoms with E-state index < -0.39 is 0 Å². The van der Waals surface area contributed by atoms with Gasteiger partial charge in [-0.25, -0.2) is 4.99 Å². The molecule has 6 nitrogen and oxygen atoms in total. The van der Waals surface area contributed by atoms with Crippen molar-refractivity contribution in [3.8, 4) is 0 Å². The summed E-state index contributed by atoms with van der Waals surface area (Å²) >= 11 is 2.04. The number of nitrogens with zero attached hydrogens (tertiary/aromatic N) is 1. The zero-order chi connectivity index (χ0) is 16.2. The van der Waals surface area contributed by atoms with Crippen molar-refractivity contribution in [2.24, 2.45) is 4.99 Å². The monoisotopic (exact) mass is 330 g/mol. The maximum atomic E-state index is 11.7. The van der Waals surface area contributed by atoms with Crippen LogP contribution >= 0.6 is 11.8 Å². The first-order valence-electron chi connectivity index (χ1n) is 8.11. The highest BCUT2D eigenvalue weighted by molar-refractivity contribution is 7.99. The smallest absolute Gasteiger partial charge is 0.241 e. The number of methoxy groups -OCH3 is 1. The second-order valence-corrected chi connectivity index (χ2v) is 6.85. The summed E-state index contributed by atoms with van der Waals surface area (Å²) in [5.41, 5.74) is 0. The van der Waals surface area contributed by atoms with Crippen LogP contribution in [0.4, 0.5) is 0 Å². The minimum Gasteiger partial charge on any atom is -0.383 e. The number of rotatable bonds is 9. The number of carbonyl (C=O) groups is 1. The molecule has 1 saturated carbocycles. The van der Waals surface area contributed by atoms with Gasteiger partial charge in [0.05, 0.1) is 6.61 Å². The Bertz CT molecular complexity index is 352. The average Bonchev–Trinajstić information content (AvgIpc) is 2.93. The lowest BCUT2D eigenvalue weighted by Gasteiger charge is -2.17. The number of ether oxygens (including phenoxy) is 1. The Balaban J connectivity index is 2.37. The predicted octanol–water partition coefficient (Wildman–Crippen LogP) is 0.978. The minimum atomic E-state index is -0.0832. The van der Waals surface area contributed by atoms with Crippen LogP contribution in [-0.2, 0) is 9.53 Å². The number of thioether (sulfide) groups is 1. The van der Waals surface area contributed by atoms with Crippen molar-refractivity contribution in [2.75, 3.05) is 39.1 Å². The van der Waals surface area contributed by atoms with Crippen LogP contribution in [-0.4, -0.2) is 62.3 Å². The molecule has 0 aromatic heterocycles. The number of aliphatic imine (C=N–C) groups is 1. The Morgan fingerprint density at radius 1 is 1.32 bits per heavy atom. The molecule has 0 radical (unpaired) electrons. The van der Waals surface area contributed by atoms with Gasteiger partial charge >= 0.3 is 0 Å². The maximum absolute atomic E-state index is 11.7. The number of hydrogen-bond donors (Lipinski definition) is 3. The number of hydrogen-bond acceptors (Lipinski definition) is 4. The van der Waals surface area contributed by atoms with Gasteiger partial charge in [0.1, 0.15) is 6.54 Å². The van der Waals surface area contributed by atoms with E-state index >= 15 is 0 Å². The lowest BCUT2D eigenvalue weighted by atomic mass is 10.2. The van der Waals surface area contributed by atoms with Gasteiger partial charge in [0, 0.05) is 31.5 Å². The first-order valence-corrected chi connectivity index (χ1v) is 9.16. The van der Waals surface area contributed by atoms with Crippen molar-refractivity contribution in [2.45, 2.75) is 44.4 Å². The van der Waals surface area contributed by atoms with Crippen molar-refractivity contribution in [1.82, 2.24) is 16.0 Å². The van der Waals surface area contributed by atoms with Crippen LogP contribution < -0.4 is 16.0 Å². The van der Waals surface area contributed by atoms with Crippen LogP contribution in [0.25, 0.3) is 0 Å². The van der Waals surface area contributed by atoms with E-state index in [2.05, 4.69) is 27.9 Å². The van der Waals surface area contributed by atoms with Gasteiger partial charge in [-0.2, -0.15) is 11.8 Å². The molecule has 0 aromatic carbocycles. The van der Waals surface area contributed by atoms with E-state index in [1.165, 1.54) is 25.0 Å². The molecule has 7 heteroatoms. The van der Waals surface area contributed by atoms with Crippen LogP contribution in [0.2, 0.25) is 0 Å². The molecule has 0 spiro atoms. The Morgan fingerprint density at radius 3 is 2.82 bits per heavy atom. The number of amides is 1. The number of guanidine groups is 1. The fourth-order valence-electron chi connectivity index (χ4n) is 2.47. The Morgan fingerprint density at radius 2 is 2.14 bits per heavy atom. The van der Waals surface area contributed by atoms with Crippen molar-refractivity contribution in [1.29, 1.82) is 0 Å². The molecular formula is C15H30N4O2S. The highest BCUT2D eigenvalue weighted by Crippen LogP contribution is 2.29. The third kappa shape index (κ3) is 7.89. The Kier molecular flexibility index (Phi) is 10.1. The van der Waals surface area contributed by atoms with Gasteiger partial charge in [-0.3, -0.25) is 4.79 Å². The molecule has 22 heavy (non-hydrogen) atoms. The van der Waals surface area contributed by atoms with Crippen molar-refractivity contribution < 1.29 is 9.53 Å². The van der Waals surface area contributed by atoms with Crippen LogP contribution in [0.15, 0.2) is 4.99 Å². The van der Waals surface area contributed by atoms with Crippen molar-refractivity contribution in [3.63, 3.8) is 0 Å². The Hall–Kier alpha value is -0.950. The summed E-state index contributed by atoms with van der Waals surface area (Å²) in [6.07, 6.45) is 3.60. The van der Waals surface area contributed by atoms with E-state index in [-0.39, 0.29) is 12.5 Å². The van der Waals surface area contributed by atoms with Gasteiger partial charge in [-0.1, -0.05) is 6.92 Å². The second kappa shape index (κ2) is 11.6. The second-order valence-electron chi connectivity index (χ2n) is 5.27.